The van der Waals surface area contributed by atoms with Crippen molar-refractivity contribution in [3.8, 4) is 0 Å². The number of rotatable bonds is 9. The molecular formula is C20H30N2O4. The van der Waals surface area contributed by atoms with E-state index in [1.54, 1.807) is 12.1 Å². The van der Waals surface area contributed by atoms with E-state index >= 15 is 0 Å². The van der Waals surface area contributed by atoms with Crippen molar-refractivity contribution >= 4 is 17.8 Å². The summed E-state index contributed by atoms with van der Waals surface area (Å²) in [6.07, 6.45) is 0.484. The lowest BCUT2D eigenvalue weighted by Crippen LogP contribution is -2.51. The number of carbonyl (C=O) groups excluding carboxylic acids is 2. The van der Waals surface area contributed by atoms with Crippen molar-refractivity contribution in [2.24, 2.45) is 17.8 Å². The van der Waals surface area contributed by atoms with E-state index in [1.807, 2.05) is 46.8 Å². The molecule has 2 atom stereocenters. The second kappa shape index (κ2) is 9.94. The first-order valence-corrected chi connectivity index (χ1v) is 8.99. The lowest BCUT2D eigenvalue weighted by molar-refractivity contribution is -0.142. The van der Waals surface area contributed by atoms with Crippen LogP contribution in [0.5, 0.6) is 0 Å². The Morgan fingerprint density at radius 2 is 1.62 bits per heavy atom. The minimum Gasteiger partial charge on any atom is -0.481 e. The van der Waals surface area contributed by atoms with Gasteiger partial charge in [-0.3, -0.25) is 14.4 Å². The number of amides is 2. The van der Waals surface area contributed by atoms with Crippen LogP contribution >= 0.6 is 0 Å². The lowest BCUT2D eigenvalue weighted by atomic mass is 9.96. The number of carbonyl (C=O) groups is 3. The maximum Gasteiger partial charge on any atom is 0.308 e. The Kier molecular flexibility index (Phi) is 8.29. The Morgan fingerprint density at radius 1 is 1.04 bits per heavy atom. The van der Waals surface area contributed by atoms with Gasteiger partial charge in [-0.25, -0.2) is 0 Å². The van der Waals surface area contributed by atoms with Gasteiger partial charge < -0.3 is 15.7 Å². The molecule has 26 heavy (non-hydrogen) atoms. The highest BCUT2D eigenvalue weighted by Gasteiger charge is 2.26. The molecule has 6 heteroatoms. The highest BCUT2D eigenvalue weighted by Crippen LogP contribution is 2.12. The van der Waals surface area contributed by atoms with Crippen molar-refractivity contribution in [2.45, 2.75) is 47.1 Å². The summed E-state index contributed by atoms with van der Waals surface area (Å²) in [6.45, 7) is 9.54. The Hall–Kier alpha value is -2.37. The summed E-state index contributed by atoms with van der Waals surface area (Å²) in [6, 6.07) is 6.37. The third-order valence-corrected chi connectivity index (χ3v) is 4.18. The molecule has 0 bridgehead atoms. The maximum absolute atomic E-state index is 12.5. The highest BCUT2D eigenvalue weighted by molar-refractivity contribution is 5.97. The first-order chi connectivity index (χ1) is 12.1. The number of carboxylic acid groups (broad SMARTS) is 1. The molecule has 0 radical (unpaired) electrons. The van der Waals surface area contributed by atoms with Crippen LogP contribution in [0.1, 0.15) is 50.0 Å². The third kappa shape index (κ3) is 6.86. The lowest BCUT2D eigenvalue weighted by Gasteiger charge is -2.23. The second-order valence-electron chi connectivity index (χ2n) is 7.47. The smallest absolute Gasteiger partial charge is 0.308 e. The van der Waals surface area contributed by atoms with Crippen LogP contribution in [0, 0.1) is 24.7 Å². The van der Waals surface area contributed by atoms with Gasteiger partial charge in [-0.1, -0.05) is 45.4 Å². The molecule has 0 aromatic heterocycles. The van der Waals surface area contributed by atoms with Crippen LogP contribution in [0.25, 0.3) is 0 Å². The van der Waals surface area contributed by atoms with E-state index in [1.165, 1.54) is 0 Å². The van der Waals surface area contributed by atoms with E-state index in [0.29, 0.717) is 12.0 Å². The monoisotopic (exact) mass is 362 g/mol. The molecule has 0 heterocycles. The predicted molar refractivity (Wildman–Crippen MR) is 101 cm³/mol. The minimum absolute atomic E-state index is 0.0516. The minimum atomic E-state index is -0.927. The molecule has 0 saturated heterocycles. The molecule has 0 aliphatic carbocycles. The van der Waals surface area contributed by atoms with Gasteiger partial charge in [-0.05, 0) is 37.3 Å². The summed E-state index contributed by atoms with van der Waals surface area (Å²) in [5.41, 5.74) is 1.53. The number of carboxylic acids is 1. The zero-order valence-electron chi connectivity index (χ0n) is 16.2. The van der Waals surface area contributed by atoms with Crippen molar-refractivity contribution in [3.05, 3.63) is 35.4 Å². The molecule has 1 rings (SSSR count). The average molecular weight is 362 g/mol. The summed E-state index contributed by atoms with van der Waals surface area (Å²) >= 11 is 0. The molecule has 1 aromatic carbocycles. The topological polar surface area (TPSA) is 95.5 Å². The second-order valence-corrected chi connectivity index (χ2v) is 7.47. The Bertz CT molecular complexity index is 623. The molecular weight excluding hydrogens is 332 g/mol. The Morgan fingerprint density at radius 3 is 2.08 bits per heavy atom. The molecule has 144 valence electrons. The largest absolute Gasteiger partial charge is 0.481 e. The number of aliphatic carboxylic acids is 1. The van der Waals surface area contributed by atoms with Crippen LogP contribution in [0.4, 0.5) is 0 Å². The third-order valence-electron chi connectivity index (χ3n) is 4.18. The zero-order valence-corrected chi connectivity index (χ0v) is 16.2. The molecule has 2 unspecified atom stereocenters. The molecule has 0 saturated carbocycles. The fourth-order valence-corrected chi connectivity index (χ4v) is 2.64. The normalized spacial score (nSPS) is 13.3. The van der Waals surface area contributed by atoms with Gasteiger partial charge in [-0.2, -0.15) is 0 Å². The van der Waals surface area contributed by atoms with Gasteiger partial charge in [0.1, 0.15) is 6.04 Å². The van der Waals surface area contributed by atoms with Crippen LogP contribution < -0.4 is 10.6 Å². The molecule has 0 aliphatic rings. The molecule has 0 aliphatic heterocycles. The van der Waals surface area contributed by atoms with E-state index in [4.69, 9.17) is 0 Å². The maximum atomic E-state index is 12.5. The summed E-state index contributed by atoms with van der Waals surface area (Å²) in [5, 5.41) is 14.7. The summed E-state index contributed by atoms with van der Waals surface area (Å²) in [7, 11) is 0. The van der Waals surface area contributed by atoms with Crippen molar-refractivity contribution in [2.75, 3.05) is 6.54 Å². The molecule has 3 N–H and O–H groups in total. The molecule has 2 amide bonds. The van der Waals surface area contributed by atoms with Crippen LogP contribution in [0.15, 0.2) is 24.3 Å². The zero-order chi connectivity index (χ0) is 19.9. The van der Waals surface area contributed by atoms with E-state index in [-0.39, 0.29) is 30.2 Å². The number of aryl methyl sites for hydroxylation is 1. The van der Waals surface area contributed by atoms with E-state index < -0.39 is 17.9 Å². The highest BCUT2D eigenvalue weighted by atomic mass is 16.4. The fraction of sp³-hybridized carbons (Fsp3) is 0.550. The number of benzene rings is 1. The average Bonchev–Trinajstić information content (AvgIpc) is 2.55. The first-order valence-electron chi connectivity index (χ1n) is 8.99. The molecule has 0 spiro atoms. The first kappa shape index (κ1) is 21.7. The van der Waals surface area contributed by atoms with Crippen molar-refractivity contribution < 1.29 is 19.5 Å². The summed E-state index contributed by atoms with van der Waals surface area (Å²) < 4.78 is 0. The predicted octanol–water partition coefficient (Wildman–Crippen LogP) is 2.61. The number of hydrogen-bond donors (Lipinski definition) is 3. The Balaban J connectivity index is 2.73. The number of nitrogens with one attached hydrogen (secondary N) is 2. The van der Waals surface area contributed by atoms with Gasteiger partial charge >= 0.3 is 5.97 Å². The van der Waals surface area contributed by atoms with Crippen LogP contribution in [-0.2, 0) is 9.59 Å². The van der Waals surface area contributed by atoms with Crippen LogP contribution in [0.3, 0.4) is 0 Å². The summed E-state index contributed by atoms with van der Waals surface area (Å²) in [5.74, 6) is -2.16. The van der Waals surface area contributed by atoms with E-state index in [0.717, 1.165) is 5.56 Å². The van der Waals surface area contributed by atoms with Crippen molar-refractivity contribution in [3.63, 3.8) is 0 Å². The van der Waals surface area contributed by atoms with Gasteiger partial charge in [0.15, 0.2) is 0 Å². The van der Waals surface area contributed by atoms with Gasteiger partial charge in [-0.15, -0.1) is 0 Å². The molecule has 1 aromatic rings. The quantitative estimate of drug-likeness (QED) is 0.629. The van der Waals surface area contributed by atoms with Crippen molar-refractivity contribution in [1.29, 1.82) is 0 Å². The van der Waals surface area contributed by atoms with Gasteiger partial charge in [0.05, 0.1) is 5.92 Å². The van der Waals surface area contributed by atoms with E-state index in [2.05, 4.69) is 10.6 Å². The van der Waals surface area contributed by atoms with Crippen LogP contribution in [0.2, 0.25) is 0 Å². The fourth-order valence-electron chi connectivity index (χ4n) is 2.64. The van der Waals surface area contributed by atoms with Gasteiger partial charge in [0, 0.05) is 12.1 Å². The molecule has 6 nitrogen and oxygen atoms in total. The van der Waals surface area contributed by atoms with Crippen molar-refractivity contribution in [1.82, 2.24) is 10.6 Å². The Labute approximate surface area is 155 Å². The van der Waals surface area contributed by atoms with Gasteiger partial charge in [0.25, 0.3) is 5.91 Å². The summed E-state index contributed by atoms with van der Waals surface area (Å²) in [4.78, 5) is 36.2. The van der Waals surface area contributed by atoms with Crippen LogP contribution in [-0.4, -0.2) is 35.5 Å². The van der Waals surface area contributed by atoms with Gasteiger partial charge in [0.2, 0.25) is 5.91 Å². The molecule has 0 fully saturated rings. The SMILES string of the molecule is Cc1ccc(C(=O)NC(C(=O)NCC(CC(C)C)C(=O)O)C(C)C)cc1. The van der Waals surface area contributed by atoms with E-state index in [9.17, 15) is 19.5 Å². The number of hydrogen-bond acceptors (Lipinski definition) is 3. The standard InChI is InChI=1S/C20H30N2O4/c1-12(2)10-16(20(25)26)11-21-19(24)17(13(3)4)22-18(23)15-8-6-14(5)7-9-15/h6-9,12-13,16-17H,10-11H2,1-5H3,(H,21,24)(H,22,23)(H,25,26).